The summed E-state index contributed by atoms with van der Waals surface area (Å²) in [6, 6.07) is 21.2. The van der Waals surface area contributed by atoms with Crippen LogP contribution in [0.1, 0.15) is 17.3 Å². The van der Waals surface area contributed by atoms with Gasteiger partial charge in [-0.15, -0.1) is 0 Å². The van der Waals surface area contributed by atoms with Crippen LogP contribution in [-0.2, 0) is 10.0 Å². The molecule has 2 N–H and O–H groups in total. The van der Waals surface area contributed by atoms with Crippen molar-refractivity contribution in [2.75, 3.05) is 31.3 Å². The van der Waals surface area contributed by atoms with Gasteiger partial charge in [0.25, 0.3) is 5.91 Å². The largest absolute Gasteiger partial charge is 0.492 e. The zero-order valence-electron chi connectivity index (χ0n) is 17.6. The summed E-state index contributed by atoms with van der Waals surface area (Å²) in [6.07, 6.45) is 0. The minimum atomic E-state index is -3.76. The molecule has 0 aliphatic carbocycles. The lowest BCUT2D eigenvalue weighted by Gasteiger charge is -2.17. The van der Waals surface area contributed by atoms with Crippen LogP contribution >= 0.6 is 0 Å². The highest BCUT2D eigenvalue weighted by molar-refractivity contribution is 7.89. The number of nitrogens with one attached hydrogen (secondary N) is 2. The Morgan fingerprint density at radius 3 is 2.29 bits per heavy atom. The van der Waals surface area contributed by atoms with Crippen molar-refractivity contribution in [3.05, 3.63) is 78.4 Å². The van der Waals surface area contributed by atoms with Crippen molar-refractivity contribution >= 4 is 33.0 Å². The topological polar surface area (TPSA) is 87.7 Å². The number of anilines is 3. The normalized spacial score (nSPS) is 11.2. The zero-order chi connectivity index (χ0) is 22.4. The summed E-state index contributed by atoms with van der Waals surface area (Å²) in [7, 11) is -0.864. The van der Waals surface area contributed by atoms with Crippen LogP contribution in [0.5, 0.6) is 5.75 Å². The maximum Gasteiger partial charge on any atom is 0.257 e. The molecule has 31 heavy (non-hydrogen) atoms. The molecule has 7 nitrogen and oxygen atoms in total. The number of nitrogens with zero attached hydrogens (tertiary/aromatic N) is 1. The number of para-hydroxylation sites is 2. The van der Waals surface area contributed by atoms with E-state index in [2.05, 4.69) is 10.6 Å². The summed E-state index contributed by atoms with van der Waals surface area (Å²) in [4.78, 5) is 13.0. The van der Waals surface area contributed by atoms with Crippen LogP contribution in [0.25, 0.3) is 0 Å². The smallest absolute Gasteiger partial charge is 0.257 e. The molecule has 0 aliphatic heterocycles. The first-order chi connectivity index (χ1) is 14.8. The average molecular weight is 440 g/mol. The molecule has 0 fully saturated rings. The lowest BCUT2D eigenvalue weighted by atomic mass is 10.1. The highest BCUT2D eigenvalue weighted by Gasteiger charge is 2.23. The van der Waals surface area contributed by atoms with E-state index < -0.39 is 10.0 Å². The average Bonchev–Trinajstić information content (AvgIpc) is 2.76. The van der Waals surface area contributed by atoms with E-state index in [4.69, 9.17) is 4.74 Å². The van der Waals surface area contributed by atoms with Crippen molar-refractivity contribution in [2.45, 2.75) is 11.8 Å². The molecule has 0 unspecified atom stereocenters. The molecule has 0 bridgehead atoms. The van der Waals surface area contributed by atoms with E-state index in [0.29, 0.717) is 23.5 Å². The van der Waals surface area contributed by atoms with Gasteiger partial charge < -0.3 is 15.4 Å². The fraction of sp³-hybridized carbons (Fsp3) is 0.174. The SMILES string of the molecule is CCOc1ccc(NC(=O)c2ccccc2Nc2ccccc2)cc1S(=O)(=O)N(C)C. The molecule has 0 saturated heterocycles. The van der Waals surface area contributed by atoms with E-state index in [1.54, 1.807) is 31.2 Å². The molecule has 1 amide bonds. The van der Waals surface area contributed by atoms with Crippen molar-refractivity contribution in [2.24, 2.45) is 0 Å². The summed E-state index contributed by atoms with van der Waals surface area (Å²) in [5.74, 6) is -0.128. The summed E-state index contributed by atoms with van der Waals surface area (Å²) < 4.78 is 32.0. The van der Waals surface area contributed by atoms with Gasteiger partial charge in [-0.2, -0.15) is 0 Å². The van der Waals surface area contributed by atoms with Crippen LogP contribution in [0, 0.1) is 0 Å². The lowest BCUT2D eigenvalue weighted by Crippen LogP contribution is -2.23. The molecule has 3 aromatic rings. The van der Waals surface area contributed by atoms with E-state index in [1.807, 2.05) is 42.5 Å². The number of benzene rings is 3. The maximum atomic E-state index is 13.0. The molecule has 0 radical (unpaired) electrons. The Morgan fingerprint density at radius 1 is 0.935 bits per heavy atom. The number of rotatable bonds is 8. The van der Waals surface area contributed by atoms with Crippen LogP contribution in [0.2, 0.25) is 0 Å². The van der Waals surface area contributed by atoms with Gasteiger partial charge in [-0.1, -0.05) is 30.3 Å². The van der Waals surface area contributed by atoms with E-state index in [0.717, 1.165) is 9.99 Å². The second kappa shape index (κ2) is 9.63. The van der Waals surface area contributed by atoms with Crippen LogP contribution in [0.15, 0.2) is 77.7 Å². The molecule has 3 aromatic carbocycles. The Hall–Kier alpha value is -3.36. The number of carbonyl (C=O) groups is 1. The van der Waals surface area contributed by atoms with E-state index >= 15 is 0 Å². The Kier molecular flexibility index (Phi) is 6.94. The predicted molar refractivity (Wildman–Crippen MR) is 123 cm³/mol. The molecular formula is C23H25N3O4S. The van der Waals surface area contributed by atoms with Gasteiger partial charge in [0.2, 0.25) is 10.0 Å². The highest BCUT2D eigenvalue weighted by atomic mass is 32.2. The van der Waals surface area contributed by atoms with Gasteiger partial charge in [-0.3, -0.25) is 4.79 Å². The lowest BCUT2D eigenvalue weighted by molar-refractivity contribution is 0.102. The van der Waals surface area contributed by atoms with Gasteiger partial charge in [0.15, 0.2) is 0 Å². The molecule has 3 rings (SSSR count). The Bertz CT molecular complexity index is 1160. The van der Waals surface area contributed by atoms with Crippen LogP contribution in [0.4, 0.5) is 17.1 Å². The summed E-state index contributed by atoms with van der Waals surface area (Å²) in [5.41, 5.74) is 2.27. The van der Waals surface area contributed by atoms with Gasteiger partial charge in [0.1, 0.15) is 10.6 Å². The standard InChI is InChI=1S/C23H25N3O4S/c1-4-30-21-15-14-18(16-22(21)31(28,29)26(2)3)25-23(27)19-12-8-9-13-20(19)24-17-10-6-5-7-11-17/h5-16,24H,4H2,1-3H3,(H,25,27). The molecular weight excluding hydrogens is 414 g/mol. The van der Waals surface area contributed by atoms with Crippen molar-refractivity contribution < 1.29 is 17.9 Å². The minimum absolute atomic E-state index is 0.00662. The number of hydrogen-bond donors (Lipinski definition) is 2. The minimum Gasteiger partial charge on any atom is -0.492 e. The van der Waals surface area contributed by atoms with Crippen molar-refractivity contribution in [3.8, 4) is 5.75 Å². The van der Waals surface area contributed by atoms with Gasteiger partial charge in [-0.05, 0) is 49.4 Å². The third-order valence-electron chi connectivity index (χ3n) is 4.48. The number of sulfonamides is 1. The van der Waals surface area contributed by atoms with Crippen LogP contribution in [-0.4, -0.2) is 39.3 Å². The molecule has 0 atom stereocenters. The molecule has 0 aliphatic rings. The van der Waals surface area contributed by atoms with Crippen molar-refractivity contribution in [1.82, 2.24) is 4.31 Å². The third-order valence-corrected chi connectivity index (χ3v) is 6.32. The summed E-state index contributed by atoms with van der Waals surface area (Å²) in [5, 5.41) is 6.02. The van der Waals surface area contributed by atoms with Gasteiger partial charge >= 0.3 is 0 Å². The quantitative estimate of drug-likeness (QED) is 0.545. The van der Waals surface area contributed by atoms with E-state index in [1.165, 1.54) is 20.2 Å². The van der Waals surface area contributed by atoms with Crippen LogP contribution < -0.4 is 15.4 Å². The predicted octanol–water partition coefficient (Wildman–Crippen LogP) is 4.33. The third kappa shape index (κ3) is 5.22. The number of amides is 1. The first-order valence-corrected chi connectivity index (χ1v) is 11.2. The van der Waals surface area contributed by atoms with Crippen molar-refractivity contribution in [3.63, 3.8) is 0 Å². The Balaban J connectivity index is 1.91. The number of carbonyl (C=O) groups excluding carboxylic acids is 1. The van der Waals surface area contributed by atoms with Crippen molar-refractivity contribution in [1.29, 1.82) is 0 Å². The summed E-state index contributed by atoms with van der Waals surface area (Å²) >= 11 is 0. The molecule has 8 heteroatoms. The first kappa shape index (κ1) is 22.3. The zero-order valence-corrected chi connectivity index (χ0v) is 18.4. The van der Waals surface area contributed by atoms with Crippen LogP contribution in [0.3, 0.4) is 0 Å². The molecule has 0 heterocycles. The van der Waals surface area contributed by atoms with E-state index in [9.17, 15) is 13.2 Å². The van der Waals surface area contributed by atoms with Gasteiger partial charge in [-0.25, -0.2) is 12.7 Å². The fourth-order valence-electron chi connectivity index (χ4n) is 2.92. The monoisotopic (exact) mass is 439 g/mol. The maximum absolute atomic E-state index is 13.0. The molecule has 162 valence electrons. The molecule has 0 aromatic heterocycles. The van der Waals surface area contributed by atoms with Gasteiger partial charge in [0.05, 0.1) is 17.9 Å². The number of hydrogen-bond acceptors (Lipinski definition) is 5. The van der Waals surface area contributed by atoms with Gasteiger partial charge in [0, 0.05) is 25.5 Å². The first-order valence-electron chi connectivity index (χ1n) is 9.74. The summed E-state index contributed by atoms with van der Waals surface area (Å²) in [6.45, 7) is 2.10. The number of ether oxygens (including phenoxy) is 1. The second-order valence-corrected chi connectivity index (χ2v) is 8.99. The Labute approximate surface area is 182 Å². The second-order valence-electron chi connectivity index (χ2n) is 6.87. The molecule has 0 saturated carbocycles. The Morgan fingerprint density at radius 2 is 1.61 bits per heavy atom. The highest BCUT2D eigenvalue weighted by Crippen LogP contribution is 2.30. The molecule has 0 spiro atoms. The van der Waals surface area contributed by atoms with E-state index in [-0.39, 0.29) is 16.6 Å². The fourth-order valence-corrected chi connectivity index (χ4v) is 3.97.